The molecule has 5 aromatic rings. The molecule has 0 fully saturated rings. The molecule has 0 aliphatic carbocycles. The molecule has 35 heavy (non-hydrogen) atoms. The normalized spacial score (nSPS) is 11.3. The molecule has 0 saturated carbocycles. The molecule has 180 valence electrons. The SMILES string of the molecule is COc1cc(-c2cc(F)cc3c2n(C)c(=O)n3Cc2nnc(C)o2)cc(F)c1OCc1nnc[nH]1. The summed E-state index contributed by atoms with van der Waals surface area (Å²) in [5, 5.41) is 15.1. The zero-order valence-corrected chi connectivity index (χ0v) is 18.9. The molecule has 3 aromatic heterocycles. The summed E-state index contributed by atoms with van der Waals surface area (Å²) >= 11 is 0. The number of hydrogen-bond acceptors (Lipinski definition) is 8. The van der Waals surface area contributed by atoms with Crippen molar-refractivity contribution < 1.29 is 22.7 Å². The van der Waals surface area contributed by atoms with Crippen molar-refractivity contribution in [3.63, 3.8) is 0 Å². The molecule has 0 bridgehead atoms. The third-order valence-electron chi connectivity index (χ3n) is 5.42. The number of aryl methyl sites for hydroxylation is 2. The van der Waals surface area contributed by atoms with Crippen LogP contribution >= 0.6 is 0 Å². The van der Waals surface area contributed by atoms with Crippen LogP contribution in [0.3, 0.4) is 0 Å². The lowest BCUT2D eigenvalue weighted by atomic mass is 10.0. The van der Waals surface area contributed by atoms with Crippen LogP contribution in [0.25, 0.3) is 22.2 Å². The molecule has 0 atom stereocenters. The lowest BCUT2D eigenvalue weighted by molar-refractivity contribution is 0.263. The molecule has 5 rings (SSSR count). The molecule has 1 N–H and O–H groups in total. The maximum Gasteiger partial charge on any atom is 0.329 e. The van der Waals surface area contributed by atoms with E-state index in [0.717, 1.165) is 0 Å². The Bertz CT molecular complexity index is 1590. The first-order valence-electron chi connectivity index (χ1n) is 10.4. The topological polar surface area (TPSA) is 126 Å². The number of benzene rings is 2. The average Bonchev–Trinajstić information content (AvgIpc) is 3.55. The lowest BCUT2D eigenvalue weighted by Gasteiger charge is -2.14. The smallest absolute Gasteiger partial charge is 0.329 e. The fraction of sp³-hybridized carbons (Fsp3) is 0.227. The van der Waals surface area contributed by atoms with E-state index in [4.69, 9.17) is 13.9 Å². The van der Waals surface area contributed by atoms with Crippen LogP contribution in [0.4, 0.5) is 8.78 Å². The number of methoxy groups -OCH3 is 1. The van der Waals surface area contributed by atoms with Crippen molar-refractivity contribution in [2.24, 2.45) is 7.05 Å². The zero-order valence-electron chi connectivity index (χ0n) is 18.9. The minimum Gasteiger partial charge on any atom is -0.493 e. The van der Waals surface area contributed by atoms with Crippen molar-refractivity contribution in [3.05, 3.63) is 70.3 Å². The van der Waals surface area contributed by atoms with Crippen LogP contribution in [0.1, 0.15) is 17.6 Å². The van der Waals surface area contributed by atoms with Gasteiger partial charge in [-0.15, -0.1) is 20.4 Å². The van der Waals surface area contributed by atoms with Gasteiger partial charge in [0.15, 0.2) is 23.1 Å². The number of halogens is 2. The fourth-order valence-corrected chi connectivity index (χ4v) is 3.89. The number of aromatic amines is 1. The number of rotatable bonds is 7. The third-order valence-corrected chi connectivity index (χ3v) is 5.42. The minimum atomic E-state index is -0.734. The van der Waals surface area contributed by atoms with Gasteiger partial charge in [-0.2, -0.15) is 0 Å². The number of imidazole rings is 1. The van der Waals surface area contributed by atoms with Gasteiger partial charge < -0.3 is 18.9 Å². The summed E-state index contributed by atoms with van der Waals surface area (Å²) in [6.45, 7) is 1.51. The maximum absolute atomic E-state index is 15.1. The summed E-state index contributed by atoms with van der Waals surface area (Å²) in [5.74, 6) is -0.464. The van der Waals surface area contributed by atoms with Gasteiger partial charge in [0.05, 0.1) is 18.1 Å². The summed E-state index contributed by atoms with van der Waals surface area (Å²) in [7, 11) is 2.91. The predicted octanol–water partition coefficient (Wildman–Crippen LogP) is 2.73. The number of hydrogen-bond donors (Lipinski definition) is 1. The van der Waals surface area contributed by atoms with Crippen molar-refractivity contribution in [1.82, 2.24) is 34.5 Å². The Labute approximate surface area is 195 Å². The minimum absolute atomic E-state index is 0.0496. The van der Waals surface area contributed by atoms with Gasteiger partial charge >= 0.3 is 5.69 Å². The molecule has 0 radical (unpaired) electrons. The van der Waals surface area contributed by atoms with Gasteiger partial charge in [0.1, 0.15) is 25.3 Å². The highest BCUT2D eigenvalue weighted by Gasteiger charge is 2.21. The molecular weight excluding hydrogens is 464 g/mol. The molecule has 0 amide bonds. The van der Waals surface area contributed by atoms with Crippen LogP contribution < -0.4 is 15.2 Å². The number of nitrogens with one attached hydrogen (secondary N) is 1. The number of H-pyrrole nitrogens is 1. The van der Waals surface area contributed by atoms with Gasteiger partial charge in [-0.3, -0.25) is 9.13 Å². The Kier molecular flexibility index (Phi) is 5.51. The van der Waals surface area contributed by atoms with Crippen LogP contribution in [0.15, 0.2) is 39.8 Å². The maximum atomic E-state index is 15.1. The zero-order chi connectivity index (χ0) is 24.7. The van der Waals surface area contributed by atoms with Gasteiger partial charge in [0.25, 0.3) is 0 Å². The first-order valence-corrected chi connectivity index (χ1v) is 10.4. The highest BCUT2D eigenvalue weighted by Crippen LogP contribution is 2.38. The molecule has 0 spiro atoms. The van der Waals surface area contributed by atoms with Crippen LogP contribution in [-0.4, -0.2) is 41.6 Å². The Hall–Kier alpha value is -4.55. The molecule has 0 aliphatic heterocycles. The molecule has 0 saturated heterocycles. The van der Waals surface area contributed by atoms with Gasteiger partial charge in [0, 0.05) is 19.5 Å². The second kappa shape index (κ2) is 8.66. The van der Waals surface area contributed by atoms with Crippen molar-refractivity contribution in [1.29, 1.82) is 0 Å². The van der Waals surface area contributed by atoms with Gasteiger partial charge in [-0.25, -0.2) is 13.6 Å². The van der Waals surface area contributed by atoms with Gasteiger partial charge in [-0.05, 0) is 29.8 Å². The van der Waals surface area contributed by atoms with Crippen molar-refractivity contribution >= 4 is 11.0 Å². The predicted molar refractivity (Wildman–Crippen MR) is 118 cm³/mol. The molecule has 13 heteroatoms. The van der Waals surface area contributed by atoms with E-state index in [1.54, 1.807) is 14.0 Å². The number of fused-ring (bicyclic) bond motifs is 1. The lowest BCUT2D eigenvalue weighted by Crippen LogP contribution is -2.22. The monoisotopic (exact) mass is 483 g/mol. The Morgan fingerprint density at radius 1 is 1.14 bits per heavy atom. The average molecular weight is 483 g/mol. The standard InChI is InChI=1S/C22H19F2N7O4/c1-11-27-29-19(35-11)8-31-16-7-13(23)6-14(20(16)30(2)22(31)32)12-4-15(24)21(17(5-12)33-3)34-9-18-25-10-26-28-18/h4-7,10H,8-9H2,1-3H3,(H,25,26,28). The summed E-state index contributed by atoms with van der Waals surface area (Å²) < 4.78 is 48.8. The second-order valence-corrected chi connectivity index (χ2v) is 7.68. The van der Waals surface area contributed by atoms with E-state index in [0.29, 0.717) is 22.8 Å². The molecule has 11 nitrogen and oxygen atoms in total. The quantitative estimate of drug-likeness (QED) is 0.375. The van der Waals surface area contributed by atoms with E-state index >= 15 is 4.39 Å². The van der Waals surface area contributed by atoms with Gasteiger partial charge in [-0.1, -0.05) is 0 Å². The first kappa shape index (κ1) is 22.3. The van der Waals surface area contributed by atoms with Gasteiger partial charge in [0.2, 0.25) is 11.8 Å². The molecular formula is C22H19F2N7O4. The highest BCUT2D eigenvalue weighted by molar-refractivity contribution is 5.93. The largest absolute Gasteiger partial charge is 0.493 e. The fourth-order valence-electron chi connectivity index (χ4n) is 3.89. The summed E-state index contributed by atoms with van der Waals surface area (Å²) in [6.07, 6.45) is 1.38. The van der Waals surface area contributed by atoms with Crippen molar-refractivity contribution in [2.75, 3.05) is 7.11 Å². The summed E-state index contributed by atoms with van der Waals surface area (Å²) in [4.78, 5) is 15.8. The van der Waals surface area contributed by atoms with E-state index in [-0.39, 0.29) is 41.6 Å². The molecule has 0 unspecified atom stereocenters. The number of aromatic nitrogens is 7. The molecule has 2 aromatic carbocycles. The van der Waals surface area contributed by atoms with Crippen LogP contribution in [0, 0.1) is 18.6 Å². The van der Waals surface area contributed by atoms with Crippen molar-refractivity contribution in [2.45, 2.75) is 20.1 Å². The van der Waals surface area contributed by atoms with Crippen LogP contribution in [0.2, 0.25) is 0 Å². The highest BCUT2D eigenvalue weighted by atomic mass is 19.1. The Balaban J connectivity index is 1.62. The van der Waals surface area contributed by atoms with E-state index in [2.05, 4.69) is 25.4 Å². The van der Waals surface area contributed by atoms with Crippen LogP contribution in [0.5, 0.6) is 11.5 Å². The van der Waals surface area contributed by atoms with Crippen molar-refractivity contribution in [3.8, 4) is 22.6 Å². The van der Waals surface area contributed by atoms with Crippen LogP contribution in [-0.2, 0) is 20.2 Å². The van der Waals surface area contributed by atoms with E-state index in [1.165, 1.54) is 46.8 Å². The number of nitrogens with zero attached hydrogens (tertiary/aromatic N) is 6. The summed E-state index contributed by atoms with van der Waals surface area (Å²) in [5.41, 5.74) is 0.830. The van der Waals surface area contributed by atoms with E-state index in [1.807, 2.05) is 0 Å². The molecule has 3 heterocycles. The number of ether oxygens (including phenoxy) is 2. The summed E-state index contributed by atoms with van der Waals surface area (Å²) in [6, 6.07) is 5.16. The van der Waals surface area contributed by atoms with E-state index < -0.39 is 17.3 Å². The first-order chi connectivity index (χ1) is 16.9. The second-order valence-electron chi connectivity index (χ2n) is 7.68. The Morgan fingerprint density at radius 3 is 2.66 bits per heavy atom. The Morgan fingerprint density at radius 2 is 1.97 bits per heavy atom. The molecule has 0 aliphatic rings. The van der Waals surface area contributed by atoms with E-state index in [9.17, 15) is 9.18 Å². The third kappa shape index (κ3) is 4.00.